The number of benzene rings is 3. The molecule has 4 aromatic rings. The molecule has 1 aromatic heterocycles. The summed E-state index contributed by atoms with van der Waals surface area (Å²) in [5.74, 6) is 0. The average Bonchev–Trinajstić information content (AvgIpc) is 3.15. The molecule has 32 heavy (non-hydrogen) atoms. The smallest absolute Gasteiger partial charge is 0.262 e. The van der Waals surface area contributed by atoms with Gasteiger partial charge in [0.15, 0.2) is 0 Å². The molecule has 0 radical (unpaired) electrons. The summed E-state index contributed by atoms with van der Waals surface area (Å²) in [7, 11) is -3.74. The number of sulfonamides is 1. The molecule has 0 saturated carbocycles. The Morgan fingerprint density at radius 1 is 0.938 bits per heavy atom. The Morgan fingerprint density at radius 3 is 2.41 bits per heavy atom. The van der Waals surface area contributed by atoms with E-state index in [1.54, 1.807) is 18.2 Å². The van der Waals surface area contributed by atoms with Gasteiger partial charge in [0, 0.05) is 33.7 Å². The zero-order valence-corrected chi connectivity index (χ0v) is 19.5. The Kier molecular flexibility index (Phi) is 6.26. The molecule has 0 bridgehead atoms. The van der Waals surface area contributed by atoms with Crippen LogP contribution in [-0.2, 0) is 16.4 Å². The van der Waals surface area contributed by atoms with Crippen molar-refractivity contribution in [3.63, 3.8) is 0 Å². The highest BCUT2D eigenvalue weighted by Gasteiger charge is 2.25. The molecule has 0 fully saturated rings. The van der Waals surface area contributed by atoms with Gasteiger partial charge in [-0.3, -0.25) is 4.72 Å². The summed E-state index contributed by atoms with van der Waals surface area (Å²) < 4.78 is 29.2. The minimum absolute atomic E-state index is 0.253. The second-order valence-corrected chi connectivity index (χ2v) is 10.3. The highest BCUT2D eigenvalue weighted by atomic mass is 32.2. The number of nitrogens with two attached hydrogens (primary N) is 1. The molecule has 0 saturated heterocycles. The first-order valence-corrected chi connectivity index (χ1v) is 12.7. The second-order valence-electron chi connectivity index (χ2n) is 8.70. The molecule has 0 aliphatic carbocycles. The SMILES string of the molecule is CCCC(N)(CCC)Cc1c[nH]c2ccc(NS(=O)(=O)c3cccc4ccccc34)cc12. The van der Waals surface area contributed by atoms with E-state index in [0.717, 1.165) is 54.0 Å². The molecule has 0 aliphatic rings. The molecule has 4 N–H and O–H groups in total. The first kappa shape index (κ1) is 22.4. The van der Waals surface area contributed by atoms with Gasteiger partial charge in [0.05, 0.1) is 4.90 Å². The van der Waals surface area contributed by atoms with Gasteiger partial charge >= 0.3 is 0 Å². The Morgan fingerprint density at radius 2 is 1.66 bits per heavy atom. The highest BCUT2D eigenvalue weighted by molar-refractivity contribution is 7.93. The number of anilines is 1. The van der Waals surface area contributed by atoms with E-state index in [4.69, 9.17) is 5.73 Å². The van der Waals surface area contributed by atoms with Crippen LogP contribution in [0.5, 0.6) is 0 Å². The van der Waals surface area contributed by atoms with Gasteiger partial charge in [0.25, 0.3) is 10.0 Å². The lowest BCUT2D eigenvalue weighted by Gasteiger charge is -2.29. The molecule has 5 nitrogen and oxygen atoms in total. The standard InChI is InChI=1S/C26H31N3O2S/c1-3-14-26(27,15-4-2)17-20-18-28-24-13-12-21(16-23(20)24)29-32(30,31)25-11-7-9-19-8-5-6-10-22(19)25/h5-13,16,18,28-29H,3-4,14-15,17,27H2,1-2H3. The summed E-state index contributed by atoms with van der Waals surface area (Å²) in [5, 5.41) is 2.60. The summed E-state index contributed by atoms with van der Waals surface area (Å²) in [6.45, 7) is 4.32. The van der Waals surface area contributed by atoms with Crippen molar-refractivity contribution in [3.8, 4) is 0 Å². The summed E-state index contributed by atoms with van der Waals surface area (Å²) in [6.07, 6.45) is 6.75. The predicted molar refractivity (Wildman–Crippen MR) is 133 cm³/mol. The number of fused-ring (bicyclic) bond motifs is 2. The molecule has 0 amide bonds. The van der Waals surface area contributed by atoms with Crippen LogP contribution in [0.2, 0.25) is 0 Å². The van der Waals surface area contributed by atoms with Gasteiger partial charge in [-0.2, -0.15) is 0 Å². The first-order valence-electron chi connectivity index (χ1n) is 11.2. The number of nitrogens with one attached hydrogen (secondary N) is 2. The number of rotatable bonds is 9. The number of hydrogen-bond donors (Lipinski definition) is 3. The van der Waals surface area contributed by atoms with E-state index in [-0.39, 0.29) is 10.4 Å². The van der Waals surface area contributed by atoms with Gasteiger partial charge in [0.1, 0.15) is 0 Å². The highest BCUT2D eigenvalue weighted by Crippen LogP contribution is 2.30. The molecule has 1 heterocycles. The van der Waals surface area contributed by atoms with Crippen LogP contribution in [0.3, 0.4) is 0 Å². The topological polar surface area (TPSA) is 88.0 Å². The Balaban J connectivity index is 1.67. The van der Waals surface area contributed by atoms with Crippen LogP contribution in [0.1, 0.15) is 45.1 Å². The van der Waals surface area contributed by atoms with Crippen molar-refractivity contribution in [3.05, 3.63) is 72.4 Å². The van der Waals surface area contributed by atoms with Gasteiger partial charge in [-0.15, -0.1) is 0 Å². The van der Waals surface area contributed by atoms with E-state index in [9.17, 15) is 8.42 Å². The quantitative estimate of drug-likeness (QED) is 0.294. The molecule has 0 spiro atoms. The zero-order chi connectivity index (χ0) is 22.8. The van der Waals surface area contributed by atoms with E-state index in [2.05, 4.69) is 23.6 Å². The maximum atomic E-state index is 13.2. The van der Waals surface area contributed by atoms with Crippen molar-refractivity contribution in [1.82, 2.24) is 4.98 Å². The second kappa shape index (κ2) is 8.96. The van der Waals surface area contributed by atoms with Crippen LogP contribution in [0.25, 0.3) is 21.7 Å². The van der Waals surface area contributed by atoms with Crippen molar-refractivity contribution >= 4 is 37.4 Å². The van der Waals surface area contributed by atoms with Crippen molar-refractivity contribution < 1.29 is 8.42 Å². The molecule has 0 atom stereocenters. The van der Waals surface area contributed by atoms with Crippen LogP contribution in [0.15, 0.2) is 71.8 Å². The van der Waals surface area contributed by atoms with Gasteiger partial charge in [-0.05, 0) is 54.5 Å². The Hall–Kier alpha value is -2.83. The van der Waals surface area contributed by atoms with E-state index >= 15 is 0 Å². The van der Waals surface area contributed by atoms with E-state index in [1.807, 2.05) is 48.7 Å². The average molecular weight is 450 g/mol. The fourth-order valence-corrected chi connectivity index (χ4v) is 5.99. The molecule has 0 unspecified atom stereocenters. The fourth-order valence-electron chi connectivity index (χ4n) is 4.71. The third kappa shape index (κ3) is 4.52. The maximum absolute atomic E-state index is 13.2. The monoisotopic (exact) mass is 449 g/mol. The largest absolute Gasteiger partial charge is 0.361 e. The van der Waals surface area contributed by atoms with E-state index in [0.29, 0.717) is 11.1 Å². The summed E-state index contributed by atoms with van der Waals surface area (Å²) >= 11 is 0. The number of hydrogen-bond acceptors (Lipinski definition) is 3. The number of aromatic nitrogens is 1. The maximum Gasteiger partial charge on any atom is 0.262 e. The summed E-state index contributed by atoms with van der Waals surface area (Å²) in [4.78, 5) is 3.58. The Labute approximate surface area is 190 Å². The number of aromatic amines is 1. The summed E-state index contributed by atoms with van der Waals surface area (Å²) in [6, 6.07) is 18.4. The fraction of sp³-hybridized carbons (Fsp3) is 0.308. The number of H-pyrrole nitrogens is 1. The predicted octanol–water partition coefficient (Wildman–Crippen LogP) is 5.96. The van der Waals surface area contributed by atoms with Crippen LogP contribution in [0.4, 0.5) is 5.69 Å². The molecule has 0 aliphatic heterocycles. The van der Waals surface area contributed by atoms with Crippen LogP contribution >= 0.6 is 0 Å². The van der Waals surface area contributed by atoms with Crippen molar-refractivity contribution in [1.29, 1.82) is 0 Å². The van der Waals surface area contributed by atoms with Crippen molar-refractivity contribution in [2.75, 3.05) is 4.72 Å². The van der Waals surface area contributed by atoms with Crippen LogP contribution < -0.4 is 10.5 Å². The Bertz CT molecular complexity index is 1330. The molecule has 3 aromatic carbocycles. The lowest BCUT2D eigenvalue weighted by Crippen LogP contribution is -2.41. The van der Waals surface area contributed by atoms with Crippen LogP contribution in [-0.4, -0.2) is 18.9 Å². The van der Waals surface area contributed by atoms with Gasteiger partial charge < -0.3 is 10.7 Å². The first-order chi connectivity index (χ1) is 15.3. The molecular weight excluding hydrogens is 418 g/mol. The van der Waals surface area contributed by atoms with Gasteiger partial charge in [-0.1, -0.05) is 63.1 Å². The molecular formula is C26H31N3O2S. The normalized spacial score (nSPS) is 12.5. The minimum atomic E-state index is -3.74. The van der Waals surface area contributed by atoms with Crippen LogP contribution in [0, 0.1) is 0 Å². The molecule has 6 heteroatoms. The lowest BCUT2D eigenvalue weighted by molar-refractivity contribution is 0.356. The van der Waals surface area contributed by atoms with Gasteiger partial charge in [0.2, 0.25) is 0 Å². The zero-order valence-electron chi connectivity index (χ0n) is 18.7. The van der Waals surface area contributed by atoms with Crippen molar-refractivity contribution in [2.45, 2.75) is 56.4 Å². The van der Waals surface area contributed by atoms with Crippen molar-refractivity contribution in [2.24, 2.45) is 5.73 Å². The minimum Gasteiger partial charge on any atom is -0.361 e. The van der Waals surface area contributed by atoms with E-state index < -0.39 is 10.0 Å². The van der Waals surface area contributed by atoms with E-state index in [1.165, 1.54) is 0 Å². The summed E-state index contributed by atoms with van der Waals surface area (Å²) in [5.41, 5.74) is 9.13. The third-order valence-corrected chi connectivity index (χ3v) is 7.54. The lowest BCUT2D eigenvalue weighted by atomic mass is 9.83. The third-order valence-electron chi connectivity index (χ3n) is 6.10. The molecule has 168 valence electrons. The van der Waals surface area contributed by atoms with Gasteiger partial charge in [-0.25, -0.2) is 8.42 Å². The molecule has 4 rings (SSSR count).